The van der Waals surface area contributed by atoms with Crippen LogP contribution in [0.25, 0.3) is 0 Å². The van der Waals surface area contributed by atoms with Gasteiger partial charge in [0.2, 0.25) is 5.96 Å². The summed E-state index contributed by atoms with van der Waals surface area (Å²) in [7, 11) is 1.13. The molecule has 5 N–H and O–H groups in total. The molecule has 0 amide bonds. The van der Waals surface area contributed by atoms with Gasteiger partial charge in [0, 0.05) is 0 Å². The molecular weight excluding hydrogens is 122 g/mol. The fraction of sp³-hybridized carbons (Fsp3) is 0.333. The molecule has 0 atom stereocenters. The molecule has 0 bridgehead atoms. The van der Waals surface area contributed by atoms with Crippen molar-refractivity contribution in [1.82, 2.24) is 5.06 Å². The molecule has 0 saturated carbocycles. The first-order chi connectivity index (χ1) is 4.04. The van der Waals surface area contributed by atoms with E-state index in [1.165, 1.54) is 0 Å². The zero-order chi connectivity index (χ0) is 7.44. The van der Waals surface area contributed by atoms with E-state index in [0.29, 0.717) is 0 Å². The molecule has 0 radical (unpaired) electrons. The van der Waals surface area contributed by atoms with Crippen molar-refractivity contribution in [2.45, 2.75) is 0 Å². The van der Waals surface area contributed by atoms with Gasteiger partial charge in [-0.2, -0.15) is 4.99 Å². The molecule has 0 unspecified atom stereocenters. The van der Waals surface area contributed by atoms with Crippen LogP contribution in [0.1, 0.15) is 0 Å². The number of nitrogens with zero attached hydrogens (tertiary/aromatic N) is 2. The monoisotopic (exact) mass is 130 g/mol. The molecular formula is C3H8N5O-. The van der Waals surface area contributed by atoms with Crippen molar-refractivity contribution in [3.63, 3.8) is 0 Å². The number of nitrogens with two attached hydrogens (primary N) is 2. The third-order valence-electron chi connectivity index (χ3n) is 0.533. The molecule has 0 saturated heterocycles. The van der Waals surface area contributed by atoms with Gasteiger partial charge < -0.3 is 21.7 Å². The number of hydrogen-bond acceptors (Lipinski definition) is 2. The van der Waals surface area contributed by atoms with Crippen molar-refractivity contribution in [3.05, 3.63) is 5.21 Å². The lowest BCUT2D eigenvalue weighted by atomic mass is 10.9. The molecule has 0 rings (SSSR count). The minimum absolute atomic E-state index is 0.250. The normalized spacial score (nSPS) is 8.22. The quantitative estimate of drug-likeness (QED) is 0.213. The van der Waals surface area contributed by atoms with Gasteiger partial charge in [0.05, 0.1) is 0 Å². The molecule has 0 aromatic heterocycles. The zero-order valence-electron chi connectivity index (χ0n) is 4.96. The summed E-state index contributed by atoms with van der Waals surface area (Å²) < 4.78 is 0. The van der Waals surface area contributed by atoms with Gasteiger partial charge in [-0.05, 0) is 7.05 Å². The van der Waals surface area contributed by atoms with E-state index in [2.05, 4.69) is 4.99 Å². The number of hydrogen-bond donors (Lipinski definition) is 3. The Morgan fingerprint density at radius 3 is 2.22 bits per heavy atom. The molecule has 0 aliphatic heterocycles. The third-order valence-corrected chi connectivity index (χ3v) is 0.533. The van der Waals surface area contributed by atoms with Crippen LogP contribution < -0.4 is 11.5 Å². The second-order valence-electron chi connectivity index (χ2n) is 1.36. The van der Waals surface area contributed by atoms with Gasteiger partial charge in [-0.25, -0.2) is 0 Å². The molecule has 0 aliphatic rings. The summed E-state index contributed by atoms with van der Waals surface area (Å²) in [6.45, 7) is 0. The van der Waals surface area contributed by atoms with Crippen LogP contribution in [0.2, 0.25) is 0 Å². The summed E-state index contributed by atoms with van der Waals surface area (Å²) in [5.74, 6) is -0.794. The number of nitrogens with one attached hydrogen (secondary N) is 1. The summed E-state index contributed by atoms with van der Waals surface area (Å²) in [5, 5.41) is 17.1. The Morgan fingerprint density at radius 1 is 1.67 bits per heavy atom. The third kappa shape index (κ3) is 3.30. The van der Waals surface area contributed by atoms with Crippen molar-refractivity contribution in [2.75, 3.05) is 7.05 Å². The molecule has 9 heavy (non-hydrogen) atoms. The standard InChI is InChI=1S/C3H8N5O/c1-8(9)3(6)7-2(4)5/h1H3,(H5,4,5,6,7)/q-1. The van der Waals surface area contributed by atoms with Gasteiger partial charge in [0.15, 0.2) is 5.96 Å². The van der Waals surface area contributed by atoms with Crippen LogP contribution in [0.15, 0.2) is 4.99 Å². The van der Waals surface area contributed by atoms with Gasteiger partial charge in [0.1, 0.15) is 0 Å². The highest BCUT2D eigenvalue weighted by atomic mass is 16.5. The van der Waals surface area contributed by atoms with Crippen LogP contribution in [-0.4, -0.2) is 24.0 Å². The van der Waals surface area contributed by atoms with Crippen LogP contribution in [0.3, 0.4) is 0 Å². The van der Waals surface area contributed by atoms with Gasteiger partial charge in [0.25, 0.3) is 0 Å². The molecule has 0 aliphatic carbocycles. The first-order valence-electron chi connectivity index (χ1n) is 2.13. The van der Waals surface area contributed by atoms with Crippen LogP contribution >= 0.6 is 0 Å². The van der Waals surface area contributed by atoms with Crippen molar-refractivity contribution in [1.29, 1.82) is 5.41 Å². The van der Waals surface area contributed by atoms with E-state index >= 15 is 0 Å². The molecule has 0 aromatic rings. The lowest BCUT2D eigenvalue weighted by Gasteiger charge is -2.21. The van der Waals surface area contributed by atoms with Crippen LogP contribution in [0.5, 0.6) is 0 Å². The Labute approximate surface area is 52.2 Å². The van der Waals surface area contributed by atoms with Crippen molar-refractivity contribution < 1.29 is 0 Å². The van der Waals surface area contributed by atoms with Gasteiger partial charge in [-0.3, -0.25) is 5.41 Å². The Morgan fingerprint density at radius 2 is 2.11 bits per heavy atom. The Kier molecular flexibility index (Phi) is 2.46. The van der Waals surface area contributed by atoms with Crippen molar-refractivity contribution >= 4 is 11.9 Å². The Bertz CT molecular complexity index is 135. The predicted octanol–water partition coefficient (Wildman–Crippen LogP) is -1.38. The highest BCUT2D eigenvalue weighted by Crippen LogP contribution is 1.79. The van der Waals surface area contributed by atoms with E-state index < -0.39 is 5.96 Å². The van der Waals surface area contributed by atoms with E-state index in [1.807, 2.05) is 0 Å². The summed E-state index contributed by atoms with van der Waals surface area (Å²) in [5.41, 5.74) is 9.70. The average molecular weight is 130 g/mol. The Hall–Kier alpha value is -1.30. The van der Waals surface area contributed by atoms with Crippen LogP contribution in [0.4, 0.5) is 0 Å². The van der Waals surface area contributed by atoms with E-state index in [-0.39, 0.29) is 11.0 Å². The molecule has 0 heterocycles. The summed E-state index contributed by atoms with van der Waals surface area (Å²) in [6, 6.07) is 0. The number of guanidine groups is 2. The highest BCUT2D eigenvalue weighted by Gasteiger charge is 1.88. The summed E-state index contributed by atoms with van der Waals surface area (Å²) in [4.78, 5) is 3.15. The second kappa shape index (κ2) is 2.88. The summed E-state index contributed by atoms with van der Waals surface area (Å²) >= 11 is 0. The topological polar surface area (TPSA) is 115 Å². The lowest BCUT2D eigenvalue weighted by molar-refractivity contribution is 0.677. The van der Waals surface area contributed by atoms with Gasteiger partial charge in [-0.15, -0.1) is 0 Å². The van der Waals surface area contributed by atoms with Crippen LogP contribution in [0, 0.1) is 10.6 Å². The fourth-order valence-corrected chi connectivity index (χ4v) is 0.193. The van der Waals surface area contributed by atoms with Crippen molar-refractivity contribution in [3.8, 4) is 0 Å². The maximum absolute atomic E-state index is 10.2. The minimum atomic E-state index is -0.505. The Balaban J connectivity index is 3.93. The average Bonchev–Trinajstić information content (AvgIpc) is 1.63. The van der Waals surface area contributed by atoms with Gasteiger partial charge >= 0.3 is 0 Å². The summed E-state index contributed by atoms with van der Waals surface area (Å²) in [6.07, 6.45) is 0. The smallest absolute Gasteiger partial charge is 0.209 e. The maximum atomic E-state index is 10.2. The molecule has 6 nitrogen and oxygen atoms in total. The minimum Gasteiger partial charge on any atom is -0.756 e. The lowest BCUT2D eigenvalue weighted by Crippen LogP contribution is -2.27. The second-order valence-corrected chi connectivity index (χ2v) is 1.36. The molecule has 0 aromatic carbocycles. The molecule has 6 heteroatoms. The molecule has 0 spiro atoms. The molecule has 0 fully saturated rings. The SMILES string of the molecule is CN([O-])C(=N)N=C(N)N. The van der Waals surface area contributed by atoms with Crippen LogP contribution in [-0.2, 0) is 0 Å². The predicted molar refractivity (Wildman–Crippen MR) is 34.7 cm³/mol. The largest absolute Gasteiger partial charge is 0.756 e. The zero-order valence-corrected chi connectivity index (χ0v) is 4.96. The first-order valence-corrected chi connectivity index (χ1v) is 2.13. The van der Waals surface area contributed by atoms with E-state index in [0.717, 1.165) is 7.05 Å². The molecule has 52 valence electrons. The highest BCUT2D eigenvalue weighted by molar-refractivity contribution is 5.91. The number of aliphatic imine (C=N–C) groups is 1. The van der Waals surface area contributed by atoms with E-state index in [1.54, 1.807) is 0 Å². The first kappa shape index (κ1) is 7.70. The van der Waals surface area contributed by atoms with E-state index in [9.17, 15) is 5.21 Å². The number of hydroxylamine groups is 2. The fourth-order valence-electron chi connectivity index (χ4n) is 0.193. The van der Waals surface area contributed by atoms with E-state index in [4.69, 9.17) is 16.9 Å². The van der Waals surface area contributed by atoms with Gasteiger partial charge in [-0.1, -0.05) is 0 Å². The number of rotatable bonds is 0. The van der Waals surface area contributed by atoms with Crippen molar-refractivity contribution in [2.24, 2.45) is 16.5 Å². The maximum Gasteiger partial charge on any atom is 0.209 e.